The Balaban J connectivity index is 1.80. The number of rotatable bonds is 1. The van der Waals surface area contributed by atoms with Gasteiger partial charge in [0.15, 0.2) is 6.20 Å². The maximum atomic E-state index is 13.3. The molecule has 6 rings (SSSR count). The predicted octanol–water partition coefficient (Wildman–Crippen LogP) is 6.66. The van der Waals surface area contributed by atoms with Crippen molar-refractivity contribution in [1.82, 2.24) is 4.40 Å². The van der Waals surface area contributed by atoms with Gasteiger partial charge >= 0.3 is 6.18 Å². The molecule has 0 amide bonds. The number of benzene rings is 3. The van der Waals surface area contributed by atoms with E-state index in [4.69, 9.17) is 0 Å². The Morgan fingerprint density at radius 1 is 0.806 bits per heavy atom. The van der Waals surface area contributed by atoms with Crippen molar-refractivity contribution in [3.05, 3.63) is 84.1 Å². The minimum atomic E-state index is -4.37. The summed E-state index contributed by atoms with van der Waals surface area (Å²) in [6.45, 7) is 2.09. The maximum Gasteiger partial charge on any atom is 0.416 e. The molecule has 3 aromatic heterocycles. The number of aryl methyl sites for hydroxylation is 2. The lowest BCUT2D eigenvalue weighted by atomic mass is 10.0. The van der Waals surface area contributed by atoms with Gasteiger partial charge in [-0.3, -0.25) is 0 Å². The molecule has 0 atom stereocenters. The first-order valence-electron chi connectivity index (χ1n) is 10.1. The zero-order chi connectivity index (χ0) is 21.5. The van der Waals surface area contributed by atoms with Crippen molar-refractivity contribution in [2.45, 2.75) is 13.1 Å². The van der Waals surface area contributed by atoms with Crippen LogP contribution in [0.5, 0.6) is 0 Å². The van der Waals surface area contributed by atoms with E-state index in [-0.39, 0.29) is 0 Å². The van der Waals surface area contributed by atoms with E-state index in [1.165, 1.54) is 22.9 Å². The van der Waals surface area contributed by atoms with Gasteiger partial charge < -0.3 is 4.40 Å². The van der Waals surface area contributed by atoms with E-state index in [0.29, 0.717) is 5.39 Å². The van der Waals surface area contributed by atoms with Crippen LogP contribution in [-0.4, -0.2) is 4.40 Å². The molecule has 0 saturated carbocycles. The first kappa shape index (κ1) is 18.2. The molecule has 0 bridgehead atoms. The van der Waals surface area contributed by atoms with Crippen molar-refractivity contribution in [2.24, 2.45) is 7.05 Å². The number of hydrogen-bond acceptors (Lipinski definition) is 0. The van der Waals surface area contributed by atoms with Crippen LogP contribution in [0.4, 0.5) is 13.2 Å². The quantitative estimate of drug-likeness (QED) is 0.266. The smallest absolute Gasteiger partial charge is 0.303 e. The number of pyridine rings is 1. The number of aromatic nitrogens is 2. The van der Waals surface area contributed by atoms with Crippen LogP contribution in [0.2, 0.25) is 0 Å². The average Bonchev–Trinajstić information content (AvgIpc) is 3.24. The fraction of sp³-hybridized carbons (Fsp3) is 0.115. The Labute approximate surface area is 176 Å². The molecule has 0 aliphatic heterocycles. The van der Waals surface area contributed by atoms with E-state index >= 15 is 0 Å². The van der Waals surface area contributed by atoms with Gasteiger partial charge in [-0.15, -0.1) is 0 Å². The van der Waals surface area contributed by atoms with Gasteiger partial charge in [0.1, 0.15) is 12.7 Å². The van der Waals surface area contributed by atoms with Crippen LogP contribution in [0.3, 0.4) is 0 Å². The first-order valence-corrected chi connectivity index (χ1v) is 10.1. The zero-order valence-electron chi connectivity index (χ0n) is 17.0. The Hall–Kier alpha value is -3.60. The highest BCUT2D eigenvalue weighted by molar-refractivity contribution is 6.17. The summed E-state index contributed by atoms with van der Waals surface area (Å²) in [7, 11) is 1.94. The van der Waals surface area contributed by atoms with Crippen molar-refractivity contribution in [2.75, 3.05) is 0 Å². The molecular weight excluding hydrogens is 397 g/mol. The van der Waals surface area contributed by atoms with Crippen molar-refractivity contribution < 1.29 is 17.7 Å². The first-order chi connectivity index (χ1) is 14.9. The van der Waals surface area contributed by atoms with Crippen molar-refractivity contribution >= 4 is 38.0 Å². The normalized spacial score (nSPS) is 12.7. The molecule has 0 saturated heterocycles. The Morgan fingerprint density at radius 2 is 1.55 bits per heavy atom. The largest absolute Gasteiger partial charge is 0.416 e. The van der Waals surface area contributed by atoms with E-state index < -0.39 is 11.7 Å². The second-order valence-electron chi connectivity index (χ2n) is 8.10. The van der Waals surface area contributed by atoms with Crippen LogP contribution in [0, 0.1) is 6.92 Å². The monoisotopic (exact) mass is 415 g/mol. The number of hydrogen-bond donors (Lipinski definition) is 0. The van der Waals surface area contributed by atoms with Gasteiger partial charge in [-0.1, -0.05) is 36.4 Å². The van der Waals surface area contributed by atoms with Crippen LogP contribution in [-0.2, 0) is 13.2 Å². The minimum Gasteiger partial charge on any atom is -0.303 e. The topological polar surface area (TPSA) is 8.29 Å². The van der Waals surface area contributed by atoms with E-state index in [9.17, 15) is 13.2 Å². The SMILES string of the molecule is Cc1c(-c2c3ccc(C(F)(F)F)cc3cc[n+]2C)n2c3ccccc3c3cccc1c32. The maximum absolute atomic E-state index is 13.3. The third-order valence-corrected chi connectivity index (χ3v) is 6.37. The predicted molar refractivity (Wildman–Crippen MR) is 117 cm³/mol. The van der Waals surface area contributed by atoms with Gasteiger partial charge in [-0.05, 0) is 42.1 Å². The summed E-state index contributed by atoms with van der Waals surface area (Å²) in [5.41, 5.74) is 4.66. The summed E-state index contributed by atoms with van der Waals surface area (Å²) >= 11 is 0. The fourth-order valence-electron chi connectivity index (χ4n) is 4.98. The van der Waals surface area contributed by atoms with Crippen LogP contribution in [0.1, 0.15) is 11.1 Å². The van der Waals surface area contributed by atoms with Crippen molar-refractivity contribution in [3.8, 4) is 11.4 Å². The van der Waals surface area contributed by atoms with Crippen LogP contribution in [0.15, 0.2) is 72.9 Å². The summed E-state index contributed by atoms with van der Waals surface area (Å²) in [4.78, 5) is 0. The highest BCUT2D eigenvalue weighted by Gasteiger charge is 2.32. The minimum absolute atomic E-state index is 0.576. The van der Waals surface area contributed by atoms with Gasteiger partial charge in [0.25, 0.3) is 0 Å². The second-order valence-corrected chi connectivity index (χ2v) is 8.10. The molecule has 0 aliphatic rings. The van der Waals surface area contributed by atoms with Crippen LogP contribution in [0.25, 0.3) is 49.4 Å². The summed E-state index contributed by atoms with van der Waals surface area (Å²) in [5.74, 6) is 0. The van der Waals surface area contributed by atoms with Gasteiger partial charge in [-0.2, -0.15) is 17.7 Å². The molecule has 3 heterocycles. The molecule has 6 aromatic rings. The Kier molecular flexibility index (Phi) is 3.51. The third-order valence-electron chi connectivity index (χ3n) is 6.37. The standard InChI is InChI=1S/C26H18F3N2/c1-15-18-7-5-8-21-20-6-3-4-9-22(20)31(24(18)21)23(15)25-19-11-10-17(26(27,28)29)14-16(19)12-13-30(25)2/h3-14H,1-2H3/q+1. The van der Waals surface area contributed by atoms with Gasteiger partial charge in [0.2, 0.25) is 5.69 Å². The van der Waals surface area contributed by atoms with Crippen LogP contribution < -0.4 is 4.57 Å². The average molecular weight is 415 g/mol. The number of alkyl halides is 3. The van der Waals surface area contributed by atoms with E-state index in [0.717, 1.165) is 38.8 Å². The zero-order valence-corrected chi connectivity index (χ0v) is 17.0. The Bertz CT molecular complexity index is 1640. The van der Waals surface area contributed by atoms with Crippen molar-refractivity contribution in [3.63, 3.8) is 0 Å². The summed E-state index contributed by atoms with van der Waals surface area (Å²) in [5, 5.41) is 4.89. The van der Waals surface area contributed by atoms with Gasteiger partial charge in [0.05, 0.1) is 22.0 Å². The van der Waals surface area contributed by atoms with Crippen molar-refractivity contribution in [1.29, 1.82) is 0 Å². The molecule has 0 aliphatic carbocycles. The fourth-order valence-corrected chi connectivity index (χ4v) is 4.98. The Morgan fingerprint density at radius 3 is 2.35 bits per heavy atom. The number of halogens is 3. The lowest BCUT2D eigenvalue weighted by Crippen LogP contribution is -2.31. The van der Waals surface area contributed by atoms with E-state index in [1.807, 2.05) is 29.9 Å². The number of fused-ring (bicyclic) bond motifs is 4. The molecule has 0 unspecified atom stereocenters. The molecule has 31 heavy (non-hydrogen) atoms. The highest BCUT2D eigenvalue weighted by Crippen LogP contribution is 2.42. The molecule has 0 fully saturated rings. The van der Waals surface area contributed by atoms with Gasteiger partial charge in [0, 0.05) is 22.2 Å². The van der Waals surface area contributed by atoms with E-state index in [1.54, 1.807) is 12.1 Å². The lowest BCUT2D eigenvalue weighted by Gasteiger charge is -2.10. The third kappa shape index (κ3) is 2.37. The second kappa shape index (κ2) is 5.97. The molecule has 0 radical (unpaired) electrons. The molecule has 5 heteroatoms. The summed E-state index contributed by atoms with van der Waals surface area (Å²) < 4.78 is 44.2. The van der Waals surface area contributed by atoms with E-state index in [2.05, 4.69) is 41.7 Å². The summed E-state index contributed by atoms with van der Waals surface area (Å²) in [6, 6.07) is 20.3. The van der Waals surface area contributed by atoms with Gasteiger partial charge in [-0.25, -0.2) is 0 Å². The number of para-hydroxylation sites is 2. The summed E-state index contributed by atoms with van der Waals surface area (Å²) in [6.07, 6.45) is -2.53. The lowest BCUT2D eigenvalue weighted by molar-refractivity contribution is -0.659. The molecular formula is C26H18F3N2+. The highest BCUT2D eigenvalue weighted by atomic mass is 19.4. The molecule has 0 spiro atoms. The molecule has 2 nitrogen and oxygen atoms in total. The molecule has 3 aromatic carbocycles. The molecule has 152 valence electrons. The number of nitrogens with zero attached hydrogens (tertiary/aromatic N) is 2. The molecule has 0 N–H and O–H groups in total. The van der Waals surface area contributed by atoms with Crippen LogP contribution >= 0.6 is 0 Å².